The molecule has 0 aromatic rings. The molecule has 1 heteroatoms. The van der Waals surface area contributed by atoms with Crippen molar-refractivity contribution >= 4 is 0 Å². The van der Waals surface area contributed by atoms with Crippen molar-refractivity contribution in [2.75, 3.05) is 6.61 Å². The van der Waals surface area contributed by atoms with E-state index in [-0.39, 0.29) is 0 Å². The highest BCUT2D eigenvalue weighted by Gasteiger charge is 2.34. The molecule has 4 aliphatic rings. The molecule has 3 fully saturated rings. The molecule has 0 aromatic carbocycles. The van der Waals surface area contributed by atoms with Crippen LogP contribution in [0.2, 0.25) is 0 Å². The van der Waals surface area contributed by atoms with Crippen molar-refractivity contribution in [3.05, 3.63) is 12.2 Å². The average molecular weight is 415 g/mol. The summed E-state index contributed by atoms with van der Waals surface area (Å²) in [6.45, 7) is 5.75. The van der Waals surface area contributed by atoms with Crippen molar-refractivity contribution in [3.63, 3.8) is 0 Å². The van der Waals surface area contributed by atoms with Gasteiger partial charge in [-0.3, -0.25) is 0 Å². The molecule has 0 bridgehead atoms. The quantitative estimate of drug-likeness (QED) is 0.379. The highest BCUT2D eigenvalue weighted by Crippen LogP contribution is 2.45. The van der Waals surface area contributed by atoms with Crippen LogP contribution in [0.25, 0.3) is 0 Å². The van der Waals surface area contributed by atoms with E-state index in [0.29, 0.717) is 12.0 Å². The van der Waals surface area contributed by atoms with Crippen molar-refractivity contribution in [2.45, 2.75) is 123 Å². The summed E-state index contributed by atoms with van der Waals surface area (Å²) in [4.78, 5) is 0. The van der Waals surface area contributed by atoms with Crippen LogP contribution in [0.1, 0.15) is 117 Å². The van der Waals surface area contributed by atoms with Gasteiger partial charge in [0.2, 0.25) is 0 Å². The Hall–Kier alpha value is -0.300. The number of ether oxygens (including phenoxy) is 1. The van der Waals surface area contributed by atoms with E-state index < -0.39 is 0 Å². The van der Waals surface area contributed by atoms with Crippen LogP contribution in [-0.2, 0) is 4.74 Å². The van der Waals surface area contributed by atoms with Crippen molar-refractivity contribution in [2.24, 2.45) is 41.4 Å². The first-order valence-electron chi connectivity index (χ1n) is 14.0. The summed E-state index contributed by atoms with van der Waals surface area (Å²) in [6.07, 6.45) is 28.8. The van der Waals surface area contributed by atoms with Crippen molar-refractivity contribution in [3.8, 4) is 0 Å². The molecule has 2 unspecified atom stereocenters. The molecular formula is C29H50O. The number of hydrogen-bond acceptors (Lipinski definition) is 1. The summed E-state index contributed by atoms with van der Waals surface area (Å²) < 4.78 is 6.41. The predicted molar refractivity (Wildman–Crippen MR) is 129 cm³/mol. The van der Waals surface area contributed by atoms with Gasteiger partial charge in [0.25, 0.3) is 0 Å². The van der Waals surface area contributed by atoms with Crippen LogP contribution in [-0.4, -0.2) is 12.7 Å². The zero-order valence-electron chi connectivity index (χ0n) is 20.2. The Morgan fingerprint density at radius 1 is 0.600 bits per heavy atom. The van der Waals surface area contributed by atoms with Gasteiger partial charge in [0.15, 0.2) is 0 Å². The van der Waals surface area contributed by atoms with Crippen LogP contribution in [0, 0.1) is 41.4 Å². The molecule has 1 nitrogen and oxygen atoms in total. The standard InChI is InChI=1S/C29H50O/c1-3-4-23-7-9-24(10-8-23)21-30-29-19-17-28(18-20-29)27-15-13-26(14-16-27)25-11-5-22(2)6-12-25/h7,9,22-29H,3-6,8,10-21H2,1-2H3. The van der Waals surface area contributed by atoms with Crippen molar-refractivity contribution < 1.29 is 4.74 Å². The summed E-state index contributed by atoms with van der Waals surface area (Å²) >= 11 is 0. The molecule has 30 heavy (non-hydrogen) atoms. The zero-order valence-corrected chi connectivity index (χ0v) is 20.2. The fourth-order valence-corrected chi connectivity index (χ4v) is 7.52. The topological polar surface area (TPSA) is 9.23 Å². The lowest BCUT2D eigenvalue weighted by Gasteiger charge is -2.41. The van der Waals surface area contributed by atoms with Gasteiger partial charge in [0.1, 0.15) is 0 Å². The van der Waals surface area contributed by atoms with E-state index in [2.05, 4.69) is 26.0 Å². The van der Waals surface area contributed by atoms with E-state index in [9.17, 15) is 0 Å². The second-order valence-corrected chi connectivity index (χ2v) is 11.8. The number of rotatable bonds is 7. The number of allylic oxidation sites excluding steroid dienone is 1. The minimum Gasteiger partial charge on any atom is -0.378 e. The normalized spacial score (nSPS) is 42.9. The molecule has 0 N–H and O–H groups in total. The fourth-order valence-electron chi connectivity index (χ4n) is 7.52. The van der Waals surface area contributed by atoms with Gasteiger partial charge >= 0.3 is 0 Å². The van der Waals surface area contributed by atoms with Gasteiger partial charge in [-0.2, -0.15) is 0 Å². The van der Waals surface area contributed by atoms with Gasteiger partial charge in [0, 0.05) is 5.92 Å². The van der Waals surface area contributed by atoms with E-state index in [1.165, 1.54) is 77.0 Å². The molecule has 0 spiro atoms. The van der Waals surface area contributed by atoms with E-state index in [1.807, 2.05) is 0 Å². The predicted octanol–water partition coefficient (Wildman–Crippen LogP) is 8.58. The zero-order chi connectivity index (χ0) is 20.8. The second kappa shape index (κ2) is 11.5. The van der Waals surface area contributed by atoms with Gasteiger partial charge in [-0.1, -0.05) is 45.3 Å². The van der Waals surface area contributed by atoms with Crippen LogP contribution in [0.4, 0.5) is 0 Å². The molecule has 0 heterocycles. The maximum atomic E-state index is 6.41. The Balaban J connectivity index is 1.11. The molecule has 0 amide bonds. The summed E-state index contributed by atoms with van der Waals surface area (Å²) in [5.74, 6) is 6.75. The van der Waals surface area contributed by atoms with E-state index in [0.717, 1.165) is 42.1 Å². The van der Waals surface area contributed by atoms with Crippen LogP contribution in [0.3, 0.4) is 0 Å². The second-order valence-electron chi connectivity index (χ2n) is 11.8. The Labute approximate surface area is 187 Å². The van der Waals surface area contributed by atoms with E-state index >= 15 is 0 Å². The first-order valence-corrected chi connectivity index (χ1v) is 14.0. The monoisotopic (exact) mass is 414 g/mol. The molecule has 2 atom stereocenters. The Bertz CT molecular complexity index is 500. The molecule has 0 radical (unpaired) electrons. The number of hydrogen-bond donors (Lipinski definition) is 0. The molecule has 4 rings (SSSR count). The third-order valence-electron chi connectivity index (χ3n) is 9.70. The minimum atomic E-state index is 0.559. The molecule has 0 aromatic heterocycles. The van der Waals surface area contributed by atoms with Crippen LogP contribution in [0.5, 0.6) is 0 Å². The van der Waals surface area contributed by atoms with E-state index in [1.54, 1.807) is 25.7 Å². The Morgan fingerprint density at radius 3 is 1.57 bits per heavy atom. The van der Waals surface area contributed by atoms with E-state index in [4.69, 9.17) is 4.74 Å². The van der Waals surface area contributed by atoms with Crippen LogP contribution in [0.15, 0.2) is 12.2 Å². The molecule has 0 saturated heterocycles. The smallest absolute Gasteiger partial charge is 0.0575 e. The maximum absolute atomic E-state index is 6.41. The van der Waals surface area contributed by atoms with Crippen molar-refractivity contribution in [1.82, 2.24) is 0 Å². The summed E-state index contributed by atoms with van der Waals surface area (Å²) in [6, 6.07) is 0. The van der Waals surface area contributed by atoms with Crippen LogP contribution < -0.4 is 0 Å². The maximum Gasteiger partial charge on any atom is 0.0575 e. The first-order chi connectivity index (χ1) is 14.7. The Morgan fingerprint density at radius 2 is 1.07 bits per heavy atom. The third-order valence-corrected chi connectivity index (χ3v) is 9.70. The SMILES string of the molecule is CCCC1C=CC(COC2CCC(C3CCC(C4CCC(C)CC4)CC3)CC2)CC1. The lowest BCUT2D eigenvalue weighted by molar-refractivity contribution is -0.00671. The molecule has 3 saturated carbocycles. The average Bonchev–Trinajstić information content (AvgIpc) is 2.80. The molecule has 0 aliphatic heterocycles. The van der Waals surface area contributed by atoms with Crippen LogP contribution >= 0.6 is 0 Å². The van der Waals surface area contributed by atoms with Gasteiger partial charge in [-0.25, -0.2) is 0 Å². The fraction of sp³-hybridized carbons (Fsp3) is 0.931. The summed E-state index contributed by atoms with van der Waals surface area (Å²) in [5, 5.41) is 0. The Kier molecular flexibility index (Phi) is 8.79. The summed E-state index contributed by atoms with van der Waals surface area (Å²) in [5.41, 5.74) is 0. The lowest BCUT2D eigenvalue weighted by Crippen LogP contribution is -2.31. The van der Waals surface area contributed by atoms with Gasteiger partial charge in [-0.05, 0) is 119 Å². The summed E-state index contributed by atoms with van der Waals surface area (Å²) in [7, 11) is 0. The third kappa shape index (κ3) is 6.36. The highest BCUT2D eigenvalue weighted by atomic mass is 16.5. The highest BCUT2D eigenvalue weighted by molar-refractivity contribution is 4.98. The van der Waals surface area contributed by atoms with Crippen molar-refractivity contribution in [1.29, 1.82) is 0 Å². The molecule has 4 aliphatic carbocycles. The molecular weight excluding hydrogens is 364 g/mol. The van der Waals surface area contributed by atoms with Gasteiger partial charge < -0.3 is 4.74 Å². The molecule has 172 valence electrons. The minimum absolute atomic E-state index is 0.559. The van der Waals surface area contributed by atoms with Gasteiger partial charge in [0.05, 0.1) is 12.7 Å². The van der Waals surface area contributed by atoms with Gasteiger partial charge in [-0.15, -0.1) is 0 Å². The largest absolute Gasteiger partial charge is 0.378 e. The lowest BCUT2D eigenvalue weighted by atomic mass is 9.65. The first kappa shape index (κ1) is 22.9.